The Morgan fingerprint density at radius 3 is 2.88 bits per heavy atom. The number of nitrogens with one attached hydrogen (secondary N) is 2. The molecule has 1 unspecified atom stereocenters. The van der Waals surface area contributed by atoms with Crippen molar-refractivity contribution in [2.75, 3.05) is 26.2 Å². The summed E-state index contributed by atoms with van der Waals surface area (Å²) >= 11 is 1.40. The first-order chi connectivity index (χ1) is 11.7. The molecule has 0 aromatic carbocycles. The van der Waals surface area contributed by atoms with Gasteiger partial charge in [0.05, 0.1) is 4.88 Å². The van der Waals surface area contributed by atoms with E-state index in [1.54, 1.807) is 6.07 Å². The Kier molecular flexibility index (Phi) is 8.25. The van der Waals surface area contributed by atoms with E-state index in [9.17, 15) is 9.59 Å². The lowest BCUT2D eigenvalue weighted by Crippen LogP contribution is -2.38. The Balaban J connectivity index is 1.47. The number of likely N-dealkylation sites (tertiary alicyclic amines) is 1. The zero-order valence-electron chi connectivity index (χ0n) is 14.6. The molecule has 0 spiro atoms. The standard InChI is InChI=1S/C18H29N3O2S/c1-15-7-2-4-12-21(15)13-5-3-10-19-17(22)9-11-20-18(23)16-8-6-14-24-16/h6,8,14-15H,2-5,7,9-13H2,1H3,(H,19,22)(H,20,23). The zero-order chi connectivity index (χ0) is 17.2. The minimum Gasteiger partial charge on any atom is -0.356 e. The van der Waals surface area contributed by atoms with Gasteiger partial charge in [-0.1, -0.05) is 12.5 Å². The summed E-state index contributed by atoms with van der Waals surface area (Å²) in [5, 5.41) is 7.57. The van der Waals surface area contributed by atoms with Crippen LogP contribution in [0.1, 0.15) is 55.1 Å². The molecule has 1 saturated heterocycles. The Morgan fingerprint density at radius 1 is 1.25 bits per heavy atom. The van der Waals surface area contributed by atoms with Crippen LogP contribution in [0.25, 0.3) is 0 Å². The largest absolute Gasteiger partial charge is 0.356 e. The van der Waals surface area contributed by atoms with Crippen LogP contribution in [-0.2, 0) is 4.79 Å². The molecule has 0 aliphatic carbocycles. The smallest absolute Gasteiger partial charge is 0.261 e. The molecular weight excluding hydrogens is 322 g/mol. The molecule has 1 fully saturated rings. The molecule has 6 heteroatoms. The molecule has 2 N–H and O–H groups in total. The number of hydrogen-bond donors (Lipinski definition) is 2. The molecule has 5 nitrogen and oxygen atoms in total. The summed E-state index contributed by atoms with van der Waals surface area (Å²) in [6, 6.07) is 4.33. The van der Waals surface area contributed by atoms with Gasteiger partial charge in [0.1, 0.15) is 0 Å². The number of carbonyl (C=O) groups is 2. The number of thiophene rings is 1. The minimum atomic E-state index is -0.103. The van der Waals surface area contributed by atoms with Crippen molar-refractivity contribution in [3.8, 4) is 0 Å². The monoisotopic (exact) mass is 351 g/mol. The second-order valence-corrected chi connectivity index (χ2v) is 7.37. The van der Waals surface area contributed by atoms with Gasteiger partial charge in [-0.2, -0.15) is 0 Å². The van der Waals surface area contributed by atoms with Gasteiger partial charge < -0.3 is 15.5 Å². The third kappa shape index (κ3) is 6.61. The molecular formula is C18H29N3O2S. The Hall–Kier alpha value is -1.40. The second kappa shape index (κ2) is 10.5. The van der Waals surface area contributed by atoms with Gasteiger partial charge in [-0.05, 0) is 57.1 Å². The fourth-order valence-electron chi connectivity index (χ4n) is 3.03. The summed E-state index contributed by atoms with van der Waals surface area (Å²) in [7, 11) is 0. The molecule has 1 aliphatic rings. The van der Waals surface area contributed by atoms with Crippen LogP contribution >= 0.6 is 11.3 Å². The van der Waals surface area contributed by atoms with Gasteiger partial charge in [0, 0.05) is 25.6 Å². The fraction of sp³-hybridized carbons (Fsp3) is 0.667. The van der Waals surface area contributed by atoms with Crippen LogP contribution < -0.4 is 10.6 Å². The molecule has 134 valence electrons. The van der Waals surface area contributed by atoms with Crippen LogP contribution in [0.2, 0.25) is 0 Å². The summed E-state index contributed by atoms with van der Waals surface area (Å²) in [5.74, 6) is -0.0960. The Morgan fingerprint density at radius 2 is 2.12 bits per heavy atom. The van der Waals surface area contributed by atoms with Crippen LogP contribution in [0.3, 0.4) is 0 Å². The average Bonchev–Trinajstić information content (AvgIpc) is 3.10. The topological polar surface area (TPSA) is 61.4 Å². The predicted molar refractivity (Wildman–Crippen MR) is 98.4 cm³/mol. The zero-order valence-corrected chi connectivity index (χ0v) is 15.4. The molecule has 1 aromatic heterocycles. The third-order valence-electron chi connectivity index (χ3n) is 4.52. The highest BCUT2D eigenvalue weighted by Gasteiger charge is 2.17. The van der Waals surface area contributed by atoms with Crippen LogP contribution in [0.4, 0.5) is 0 Å². The van der Waals surface area contributed by atoms with E-state index in [1.807, 2.05) is 11.4 Å². The molecule has 1 aliphatic heterocycles. The fourth-order valence-corrected chi connectivity index (χ4v) is 3.67. The Bertz CT molecular complexity index is 504. The van der Waals surface area contributed by atoms with Gasteiger partial charge in [-0.25, -0.2) is 0 Å². The van der Waals surface area contributed by atoms with E-state index in [0.717, 1.165) is 25.9 Å². The number of rotatable bonds is 9. The van der Waals surface area contributed by atoms with Crippen molar-refractivity contribution in [2.24, 2.45) is 0 Å². The van der Waals surface area contributed by atoms with E-state index in [1.165, 1.54) is 37.1 Å². The first-order valence-corrected chi connectivity index (χ1v) is 9.87. The molecule has 2 amide bonds. The minimum absolute atomic E-state index is 0.00724. The van der Waals surface area contributed by atoms with E-state index in [4.69, 9.17) is 0 Å². The number of unbranched alkanes of at least 4 members (excludes halogenated alkanes) is 1. The summed E-state index contributed by atoms with van der Waals surface area (Å²) in [5.41, 5.74) is 0. The van der Waals surface area contributed by atoms with Gasteiger partial charge >= 0.3 is 0 Å². The Labute approximate surface area is 148 Å². The van der Waals surface area contributed by atoms with Crippen molar-refractivity contribution < 1.29 is 9.59 Å². The summed E-state index contributed by atoms with van der Waals surface area (Å²) < 4.78 is 0. The van der Waals surface area contributed by atoms with Crippen molar-refractivity contribution in [3.05, 3.63) is 22.4 Å². The molecule has 0 saturated carbocycles. The lowest BCUT2D eigenvalue weighted by molar-refractivity contribution is -0.120. The third-order valence-corrected chi connectivity index (χ3v) is 5.39. The van der Waals surface area contributed by atoms with Crippen molar-refractivity contribution in [2.45, 2.75) is 51.5 Å². The summed E-state index contributed by atoms with van der Waals surface area (Å²) in [4.78, 5) is 26.7. The average molecular weight is 352 g/mol. The van der Waals surface area contributed by atoms with Gasteiger partial charge in [0.25, 0.3) is 5.91 Å². The SMILES string of the molecule is CC1CCCCN1CCCCNC(=O)CCNC(=O)c1cccs1. The van der Waals surface area contributed by atoms with E-state index in [2.05, 4.69) is 22.5 Å². The molecule has 0 radical (unpaired) electrons. The quantitative estimate of drug-likeness (QED) is 0.672. The van der Waals surface area contributed by atoms with Gasteiger partial charge in [0.15, 0.2) is 0 Å². The van der Waals surface area contributed by atoms with Gasteiger partial charge in [0.2, 0.25) is 5.91 Å². The highest BCUT2D eigenvalue weighted by molar-refractivity contribution is 7.12. The lowest BCUT2D eigenvalue weighted by atomic mass is 10.0. The highest BCUT2D eigenvalue weighted by Crippen LogP contribution is 2.16. The van der Waals surface area contributed by atoms with Crippen molar-refractivity contribution in [1.82, 2.24) is 15.5 Å². The molecule has 2 heterocycles. The van der Waals surface area contributed by atoms with E-state index < -0.39 is 0 Å². The van der Waals surface area contributed by atoms with Crippen LogP contribution in [-0.4, -0.2) is 48.9 Å². The maximum Gasteiger partial charge on any atom is 0.261 e. The first kappa shape index (κ1) is 18.9. The molecule has 1 aromatic rings. The molecule has 2 rings (SSSR count). The van der Waals surface area contributed by atoms with E-state index in [0.29, 0.717) is 23.9 Å². The second-order valence-electron chi connectivity index (χ2n) is 6.42. The normalized spacial score (nSPS) is 18.3. The number of piperidine rings is 1. The number of amides is 2. The van der Waals surface area contributed by atoms with E-state index in [-0.39, 0.29) is 11.8 Å². The maximum atomic E-state index is 11.8. The predicted octanol–water partition coefficient (Wildman–Crippen LogP) is 2.64. The van der Waals surface area contributed by atoms with Gasteiger partial charge in [-0.15, -0.1) is 11.3 Å². The van der Waals surface area contributed by atoms with E-state index >= 15 is 0 Å². The van der Waals surface area contributed by atoms with Crippen molar-refractivity contribution in [3.63, 3.8) is 0 Å². The van der Waals surface area contributed by atoms with Crippen LogP contribution in [0.15, 0.2) is 17.5 Å². The molecule has 1 atom stereocenters. The van der Waals surface area contributed by atoms with Gasteiger partial charge in [-0.3, -0.25) is 9.59 Å². The first-order valence-electron chi connectivity index (χ1n) is 8.99. The number of carbonyl (C=O) groups excluding carboxylic acids is 2. The molecule has 24 heavy (non-hydrogen) atoms. The lowest BCUT2D eigenvalue weighted by Gasteiger charge is -2.33. The summed E-state index contributed by atoms with van der Waals surface area (Å²) in [6.45, 7) is 5.77. The number of hydrogen-bond acceptors (Lipinski definition) is 4. The highest BCUT2D eigenvalue weighted by atomic mass is 32.1. The summed E-state index contributed by atoms with van der Waals surface area (Å²) in [6.07, 6.45) is 6.46. The number of nitrogens with zero attached hydrogens (tertiary/aromatic N) is 1. The maximum absolute atomic E-state index is 11.8. The van der Waals surface area contributed by atoms with Crippen LogP contribution in [0, 0.1) is 0 Å². The van der Waals surface area contributed by atoms with Crippen molar-refractivity contribution in [1.29, 1.82) is 0 Å². The van der Waals surface area contributed by atoms with Crippen LogP contribution in [0.5, 0.6) is 0 Å². The molecule has 0 bridgehead atoms. The van der Waals surface area contributed by atoms with Crippen molar-refractivity contribution >= 4 is 23.2 Å².